The second-order valence-electron chi connectivity index (χ2n) is 5.51. The van der Waals surface area contributed by atoms with Crippen molar-refractivity contribution in [2.45, 2.75) is 50.7 Å². The maximum Gasteiger partial charge on any atom is 0.260 e. The molecule has 0 spiro atoms. The fourth-order valence-electron chi connectivity index (χ4n) is 2.23. The zero-order valence-corrected chi connectivity index (χ0v) is 13.0. The molecule has 1 aromatic rings. The van der Waals surface area contributed by atoms with Crippen molar-refractivity contribution in [1.29, 1.82) is 0 Å². The minimum absolute atomic E-state index is 0.160. The molecular weight excluding hydrogens is 274 g/mol. The van der Waals surface area contributed by atoms with Crippen molar-refractivity contribution in [3.8, 4) is 0 Å². The van der Waals surface area contributed by atoms with Crippen LogP contribution in [0.25, 0.3) is 0 Å². The highest BCUT2D eigenvalue weighted by Gasteiger charge is 2.26. The second kappa shape index (κ2) is 6.65. The summed E-state index contributed by atoms with van der Waals surface area (Å²) in [6, 6.07) is 3.84. The number of aromatic nitrogens is 1. The van der Waals surface area contributed by atoms with Crippen molar-refractivity contribution in [2.24, 2.45) is 0 Å². The first-order chi connectivity index (χ1) is 9.50. The summed E-state index contributed by atoms with van der Waals surface area (Å²) in [5.41, 5.74) is 0.997. The Bertz CT molecular complexity index is 520. The lowest BCUT2D eigenvalue weighted by atomic mass is 10.2. The van der Waals surface area contributed by atoms with Crippen molar-refractivity contribution in [1.82, 2.24) is 14.6 Å². The molecule has 112 valence electrons. The summed E-state index contributed by atoms with van der Waals surface area (Å²) in [5, 5.41) is 3.44. The molecule has 0 atom stereocenters. The Morgan fingerprint density at radius 1 is 1.25 bits per heavy atom. The van der Waals surface area contributed by atoms with Crippen molar-refractivity contribution in [2.75, 3.05) is 13.1 Å². The van der Waals surface area contributed by atoms with E-state index in [-0.39, 0.29) is 5.03 Å². The van der Waals surface area contributed by atoms with Gasteiger partial charge in [-0.25, -0.2) is 13.4 Å². The minimum Gasteiger partial charge on any atom is -0.310 e. The van der Waals surface area contributed by atoms with E-state index in [9.17, 15) is 8.42 Å². The second-order valence-corrected chi connectivity index (χ2v) is 7.39. The Labute approximate surface area is 121 Å². The SMILES string of the molecule is CC(C)NCc1ccc(S(=O)(=O)N2CCCCC2)nc1. The maximum atomic E-state index is 12.4. The topological polar surface area (TPSA) is 62.3 Å². The molecule has 0 bridgehead atoms. The molecular formula is C14H23N3O2S. The van der Waals surface area contributed by atoms with E-state index in [1.54, 1.807) is 16.6 Å². The van der Waals surface area contributed by atoms with Crippen LogP contribution >= 0.6 is 0 Å². The summed E-state index contributed by atoms with van der Waals surface area (Å²) >= 11 is 0. The molecule has 2 rings (SSSR count). The van der Waals surface area contributed by atoms with Gasteiger partial charge in [-0.05, 0) is 24.5 Å². The lowest BCUT2D eigenvalue weighted by molar-refractivity contribution is 0.345. The average Bonchev–Trinajstić information content (AvgIpc) is 2.46. The Kier molecular flexibility index (Phi) is 5.12. The van der Waals surface area contributed by atoms with Gasteiger partial charge in [0.1, 0.15) is 0 Å². The van der Waals surface area contributed by atoms with Crippen molar-refractivity contribution >= 4 is 10.0 Å². The smallest absolute Gasteiger partial charge is 0.260 e. The maximum absolute atomic E-state index is 12.4. The third-order valence-electron chi connectivity index (χ3n) is 3.43. The molecule has 1 aromatic heterocycles. The highest BCUT2D eigenvalue weighted by Crippen LogP contribution is 2.19. The quantitative estimate of drug-likeness (QED) is 0.899. The number of piperidine rings is 1. The Morgan fingerprint density at radius 2 is 1.95 bits per heavy atom. The molecule has 0 radical (unpaired) electrons. The predicted molar refractivity (Wildman–Crippen MR) is 78.8 cm³/mol. The first-order valence-corrected chi connectivity index (χ1v) is 8.62. The number of nitrogens with zero attached hydrogens (tertiary/aromatic N) is 2. The number of pyridine rings is 1. The van der Waals surface area contributed by atoms with Gasteiger partial charge in [0.2, 0.25) is 0 Å². The highest BCUT2D eigenvalue weighted by atomic mass is 32.2. The summed E-state index contributed by atoms with van der Waals surface area (Å²) in [6.07, 6.45) is 4.64. The van der Waals surface area contributed by atoms with Crippen LogP contribution in [0.1, 0.15) is 38.7 Å². The first kappa shape index (κ1) is 15.4. The molecule has 0 saturated carbocycles. The van der Waals surface area contributed by atoms with Gasteiger partial charge in [-0.3, -0.25) is 0 Å². The van der Waals surface area contributed by atoms with E-state index in [1.165, 1.54) is 0 Å². The largest absolute Gasteiger partial charge is 0.310 e. The lowest BCUT2D eigenvalue weighted by Gasteiger charge is -2.25. The predicted octanol–water partition coefficient (Wildman–Crippen LogP) is 1.75. The number of hydrogen-bond donors (Lipinski definition) is 1. The van der Waals surface area contributed by atoms with Crippen LogP contribution in [0.15, 0.2) is 23.4 Å². The lowest BCUT2D eigenvalue weighted by Crippen LogP contribution is -2.36. The molecule has 6 heteroatoms. The summed E-state index contributed by atoms with van der Waals surface area (Å²) in [6.45, 7) is 6.07. The normalized spacial score (nSPS) is 17.6. The average molecular weight is 297 g/mol. The van der Waals surface area contributed by atoms with E-state index in [1.807, 2.05) is 6.07 Å². The molecule has 2 heterocycles. The van der Waals surface area contributed by atoms with Crippen LogP contribution in [0.4, 0.5) is 0 Å². The molecule has 0 unspecified atom stereocenters. The Balaban J connectivity index is 2.08. The van der Waals surface area contributed by atoms with E-state index in [4.69, 9.17) is 0 Å². The monoisotopic (exact) mass is 297 g/mol. The van der Waals surface area contributed by atoms with Crippen LogP contribution in [0.3, 0.4) is 0 Å². The minimum atomic E-state index is -3.41. The van der Waals surface area contributed by atoms with Crippen LogP contribution in [0, 0.1) is 0 Å². The van der Waals surface area contributed by atoms with Gasteiger partial charge in [0.25, 0.3) is 10.0 Å². The third-order valence-corrected chi connectivity index (χ3v) is 5.25. The van der Waals surface area contributed by atoms with Crippen LogP contribution in [-0.2, 0) is 16.6 Å². The molecule has 1 aliphatic heterocycles. The van der Waals surface area contributed by atoms with Gasteiger partial charge in [0, 0.05) is 31.9 Å². The summed E-state index contributed by atoms with van der Waals surface area (Å²) < 4.78 is 26.4. The number of sulfonamides is 1. The molecule has 0 aliphatic carbocycles. The van der Waals surface area contributed by atoms with Crippen LogP contribution in [-0.4, -0.2) is 36.8 Å². The van der Waals surface area contributed by atoms with Crippen LogP contribution in [0.2, 0.25) is 0 Å². The van der Waals surface area contributed by atoms with Gasteiger partial charge in [-0.1, -0.05) is 26.3 Å². The molecule has 5 nitrogen and oxygen atoms in total. The van der Waals surface area contributed by atoms with Gasteiger partial charge in [-0.15, -0.1) is 0 Å². The van der Waals surface area contributed by atoms with E-state index < -0.39 is 10.0 Å². The molecule has 0 aromatic carbocycles. The molecule has 0 amide bonds. The van der Waals surface area contributed by atoms with Crippen LogP contribution < -0.4 is 5.32 Å². The van der Waals surface area contributed by atoms with Gasteiger partial charge in [0.05, 0.1) is 0 Å². The molecule has 20 heavy (non-hydrogen) atoms. The van der Waals surface area contributed by atoms with E-state index >= 15 is 0 Å². The Morgan fingerprint density at radius 3 is 2.50 bits per heavy atom. The highest BCUT2D eigenvalue weighted by molar-refractivity contribution is 7.89. The molecule has 1 saturated heterocycles. The van der Waals surface area contributed by atoms with E-state index in [2.05, 4.69) is 24.1 Å². The van der Waals surface area contributed by atoms with Crippen molar-refractivity contribution < 1.29 is 8.42 Å². The summed E-state index contributed by atoms with van der Waals surface area (Å²) in [7, 11) is -3.41. The molecule has 1 aliphatic rings. The summed E-state index contributed by atoms with van der Waals surface area (Å²) in [5.74, 6) is 0. The van der Waals surface area contributed by atoms with Gasteiger partial charge in [-0.2, -0.15) is 4.31 Å². The first-order valence-electron chi connectivity index (χ1n) is 7.18. The van der Waals surface area contributed by atoms with Gasteiger partial charge in [0.15, 0.2) is 5.03 Å². The number of hydrogen-bond acceptors (Lipinski definition) is 4. The standard InChI is InChI=1S/C14H23N3O2S/c1-12(2)15-10-13-6-7-14(16-11-13)20(18,19)17-8-4-3-5-9-17/h6-7,11-12,15H,3-5,8-10H2,1-2H3. The Hall–Kier alpha value is -0.980. The zero-order valence-electron chi connectivity index (χ0n) is 12.2. The van der Waals surface area contributed by atoms with Crippen molar-refractivity contribution in [3.63, 3.8) is 0 Å². The zero-order chi connectivity index (χ0) is 14.6. The molecule has 1 fully saturated rings. The third kappa shape index (κ3) is 3.77. The molecule has 1 N–H and O–H groups in total. The van der Waals surface area contributed by atoms with Crippen LogP contribution in [0.5, 0.6) is 0 Å². The number of rotatable bonds is 5. The van der Waals surface area contributed by atoms with Gasteiger partial charge < -0.3 is 5.32 Å². The number of nitrogens with one attached hydrogen (secondary N) is 1. The van der Waals surface area contributed by atoms with Gasteiger partial charge >= 0.3 is 0 Å². The van der Waals surface area contributed by atoms with E-state index in [0.29, 0.717) is 25.7 Å². The fourth-order valence-corrected chi connectivity index (χ4v) is 3.66. The van der Waals surface area contributed by atoms with E-state index in [0.717, 1.165) is 24.8 Å². The van der Waals surface area contributed by atoms with Crippen molar-refractivity contribution in [3.05, 3.63) is 23.9 Å². The fraction of sp³-hybridized carbons (Fsp3) is 0.643. The summed E-state index contributed by atoms with van der Waals surface area (Å²) in [4.78, 5) is 4.13.